The summed E-state index contributed by atoms with van der Waals surface area (Å²) in [6.45, 7) is 3.83. The van der Waals surface area contributed by atoms with Crippen LogP contribution in [0.15, 0.2) is 36.5 Å². The van der Waals surface area contributed by atoms with E-state index in [4.69, 9.17) is 0 Å². The average Bonchev–Trinajstić information content (AvgIpc) is 2.95. The number of nitrogens with one attached hydrogen (secondary N) is 1. The summed E-state index contributed by atoms with van der Waals surface area (Å²) in [5, 5.41) is 7.44. The Bertz CT molecular complexity index is 813. The molecular formula is C16H16F2N4. The molecule has 0 aliphatic carbocycles. The molecule has 1 N–H and O–H groups in total. The summed E-state index contributed by atoms with van der Waals surface area (Å²) in [7, 11) is 0. The zero-order valence-corrected chi connectivity index (χ0v) is 12.3. The molecule has 0 aliphatic heterocycles. The van der Waals surface area contributed by atoms with E-state index in [9.17, 15) is 8.78 Å². The van der Waals surface area contributed by atoms with E-state index >= 15 is 0 Å². The summed E-state index contributed by atoms with van der Waals surface area (Å²) in [6, 6.07) is 6.96. The minimum Gasteiger partial charge on any atom is -0.363 e. The third-order valence-electron chi connectivity index (χ3n) is 3.57. The third-order valence-corrected chi connectivity index (χ3v) is 3.57. The van der Waals surface area contributed by atoms with E-state index in [-0.39, 0.29) is 6.04 Å². The standard InChI is InChI=1S/C16H16F2N4/c1-3-12-9-16(22-15(21-12)6-7-19-22)20-10(2)13-5-4-11(17)8-14(13)18/h4-10,20H,3H2,1-2H3. The molecule has 1 atom stereocenters. The maximum absolute atomic E-state index is 13.9. The Kier molecular flexibility index (Phi) is 3.75. The van der Waals surface area contributed by atoms with Crippen molar-refractivity contribution >= 4 is 11.5 Å². The van der Waals surface area contributed by atoms with Crippen LogP contribution in [-0.4, -0.2) is 14.6 Å². The number of rotatable bonds is 4. The lowest BCUT2D eigenvalue weighted by molar-refractivity contribution is 0.566. The molecule has 3 rings (SSSR count). The van der Waals surface area contributed by atoms with Gasteiger partial charge < -0.3 is 5.32 Å². The van der Waals surface area contributed by atoms with Gasteiger partial charge in [-0.25, -0.2) is 13.8 Å². The number of hydrogen-bond donors (Lipinski definition) is 1. The summed E-state index contributed by atoms with van der Waals surface area (Å²) in [5.41, 5.74) is 2.05. The van der Waals surface area contributed by atoms with Crippen LogP contribution in [0.25, 0.3) is 5.65 Å². The highest BCUT2D eigenvalue weighted by Crippen LogP contribution is 2.23. The highest BCUT2D eigenvalue weighted by atomic mass is 19.1. The molecule has 2 aromatic heterocycles. The van der Waals surface area contributed by atoms with Crippen LogP contribution in [0.2, 0.25) is 0 Å². The van der Waals surface area contributed by atoms with E-state index in [2.05, 4.69) is 15.4 Å². The summed E-state index contributed by atoms with van der Waals surface area (Å²) in [4.78, 5) is 4.46. The van der Waals surface area contributed by atoms with Crippen molar-refractivity contribution in [3.63, 3.8) is 0 Å². The molecule has 0 fully saturated rings. The van der Waals surface area contributed by atoms with Crippen molar-refractivity contribution in [3.05, 3.63) is 59.4 Å². The number of aryl methyl sites for hydroxylation is 1. The lowest BCUT2D eigenvalue weighted by Crippen LogP contribution is -2.13. The van der Waals surface area contributed by atoms with E-state index in [0.717, 1.165) is 29.6 Å². The van der Waals surface area contributed by atoms with Gasteiger partial charge in [-0.05, 0) is 19.4 Å². The van der Waals surface area contributed by atoms with Gasteiger partial charge in [-0.3, -0.25) is 0 Å². The Labute approximate surface area is 126 Å². The predicted octanol–water partition coefficient (Wildman–Crippen LogP) is 3.74. The van der Waals surface area contributed by atoms with Gasteiger partial charge in [-0.2, -0.15) is 9.61 Å². The van der Waals surface area contributed by atoms with E-state index in [1.807, 2.05) is 26.0 Å². The molecule has 3 aromatic rings. The number of hydrogen-bond acceptors (Lipinski definition) is 3. The number of benzene rings is 1. The fourth-order valence-electron chi connectivity index (χ4n) is 2.40. The van der Waals surface area contributed by atoms with Crippen LogP contribution in [0.4, 0.5) is 14.6 Å². The number of fused-ring (bicyclic) bond motifs is 1. The number of halogens is 2. The van der Waals surface area contributed by atoms with E-state index in [1.54, 1.807) is 10.7 Å². The topological polar surface area (TPSA) is 42.2 Å². The maximum Gasteiger partial charge on any atom is 0.157 e. The van der Waals surface area contributed by atoms with Gasteiger partial charge in [0.1, 0.15) is 17.5 Å². The molecule has 114 valence electrons. The first-order chi connectivity index (χ1) is 10.6. The summed E-state index contributed by atoms with van der Waals surface area (Å²) in [5.74, 6) is -0.426. The Morgan fingerprint density at radius 2 is 2.05 bits per heavy atom. The summed E-state index contributed by atoms with van der Waals surface area (Å²) < 4.78 is 28.6. The fourth-order valence-corrected chi connectivity index (χ4v) is 2.40. The van der Waals surface area contributed by atoms with Crippen LogP contribution < -0.4 is 5.32 Å². The Morgan fingerprint density at radius 1 is 1.23 bits per heavy atom. The summed E-state index contributed by atoms with van der Waals surface area (Å²) >= 11 is 0. The highest BCUT2D eigenvalue weighted by molar-refractivity contribution is 5.50. The number of anilines is 1. The first-order valence-corrected chi connectivity index (χ1v) is 7.13. The maximum atomic E-state index is 13.9. The van der Waals surface area contributed by atoms with Crippen LogP contribution in [0, 0.1) is 11.6 Å². The van der Waals surface area contributed by atoms with E-state index in [0.29, 0.717) is 5.56 Å². The molecule has 22 heavy (non-hydrogen) atoms. The lowest BCUT2D eigenvalue weighted by Gasteiger charge is -2.17. The molecule has 2 heterocycles. The lowest BCUT2D eigenvalue weighted by atomic mass is 10.1. The van der Waals surface area contributed by atoms with Gasteiger partial charge in [0.25, 0.3) is 0 Å². The zero-order valence-electron chi connectivity index (χ0n) is 12.3. The van der Waals surface area contributed by atoms with Crippen molar-refractivity contribution in [3.8, 4) is 0 Å². The second kappa shape index (κ2) is 5.71. The zero-order chi connectivity index (χ0) is 15.7. The molecule has 0 spiro atoms. The quantitative estimate of drug-likeness (QED) is 0.798. The molecule has 0 amide bonds. The monoisotopic (exact) mass is 302 g/mol. The molecule has 0 saturated carbocycles. The molecular weight excluding hydrogens is 286 g/mol. The first kappa shape index (κ1) is 14.4. The average molecular weight is 302 g/mol. The van der Waals surface area contributed by atoms with Crippen molar-refractivity contribution in [2.24, 2.45) is 0 Å². The van der Waals surface area contributed by atoms with Gasteiger partial charge in [-0.1, -0.05) is 13.0 Å². The Hall–Kier alpha value is -2.50. The number of aromatic nitrogens is 3. The molecule has 0 bridgehead atoms. The molecule has 0 aliphatic rings. The largest absolute Gasteiger partial charge is 0.363 e. The predicted molar refractivity (Wildman–Crippen MR) is 80.8 cm³/mol. The number of nitrogens with zero attached hydrogens (tertiary/aromatic N) is 3. The summed E-state index contributed by atoms with van der Waals surface area (Å²) in [6.07, 6.45) is 2.45. The van der Waals surface area contributed by atoms with E-state index < -0.39 is 11.6 Å². The van der Waals surface area contributed by atoms with Gasteiger partial charge >= 0.3 is 0 Å². The normalized spacial score (nSPS) is 12.5. The molecule has 1 unspecified atom stereocenters. The minimum atomic E-state index is -0.583. The van der Waals surface area contributed by atoms with Crippen LogP contribution in [0.1, 0.15) is 31.1 Å². The van der Waals surface area contributed by atoms with Gasteiger partial charge in [0.2, 0.25) is 0 Å². The molecule has 0 radical (unpaired) electrons. The van der Waals surface area contributed by atoms with Gasteiger partial charge in [0, 0.05) is 29.5 Å². The SMILES string of the molecule is CCc1cc(NC(C)c2ccc(F)cc2F)n2nccc2n1. The van der Waals surface area contributed by atoms with Crippen molar-refractivity contribution in [1.29, 1.82) is 0 Å². The van der Waals surface area contributed by atoms with Crippen molar-refractivity contribution in [2.45, 2.75) is 26.3 Å². The Morgan fingerprint density at radius 3 is 2.77 bits per heavy atom. The molecule has 4 nitrogen and oxygen atoms in total. The van der Waals surface area contributed by atoms with Crippen LogP contribution >= 0.6 is 0 Å². The molecule has 0 saturated heterocycles. The second-order valence-electron chi connectivity index (χ2n) is 5.12. The van der Waals surface area contributed by atoms with Crippen LogP contribution in [0.3, 0.4) is 0 Å². The van der Waals surface area contributed by atoms with Crippen molar-refractivity contribution < 1.29 is 8.78 Å². The minimum absolute atomic E-state index is 0.333. The van der Waals surface area contributed by atoms with Gasteiger partial charge in [-0.15, -0.1) is 0 Å². The highest BCUT2D eigenvalue weighted by Gasteiger charge is 2.14. The van der Waals surface area contributed by atoms with E-state index in [1.165, 1.54) is 12.1 Å². The first-order valence-electron chi connectivity index (χ1n) is 7.13. The molecule has 6 heteroatoms. The second-order valence-corrected chi connectivity index (χ2v) is 5.12. The third kappa shape index (κ3) is 2.64. The Balaban J connectivity index is 1.96. The van der Waals surface area contributed by atoms with Crippen LogP contribution in [0.5, 0.6) is 0 Å². The molecule has 1 aromatic carbocycles. The van der Waals surface area contributed by atoms with Gasteiger partial charge in [0.05, 0.1) is 12.2 Å². The van der Waals surface area contributed by atoms with Crippen molar-refractivity contribution in [2.75, 3.05) is 5.32 Å². The van der Waals surface area contributed by atoms with Crippen molar-refractivity contribution in [1.82, 2.24) is 14.6 Å². The fraction of sp³-hybridized carbons (Fsp3) is 0.250. The van der Waals surface area contributed by atoms with Crippen LogP contribution in [-0.2, 0) is 6.42 Å². The smallest absolute Gasteiger partial charge is 0.157 e. The van der Waals surface area contributed by atoms with Gasteiger partial charge in [0.15, 0.2) is 5.65 Å².